The summed E-state index contributed by atoms with van der Waals surface area (Å²) in [7, 11) is 2.07. The third kappa shape index (κ3) is 3.66. The van der Waals surface area contributed by atoms with E-state index in [1.54, 1.807) is 0 Å². The van der Waals surface area contributed by atoms with Crippen LogP contribution in [0.25, 0.3) is 0 Å². The lowest BCUT2D eigenvalue weighted by molar-refractivity contribution is 0.0465. The Hall–Kier alpha value is -0.770. The second-order valence-corrected chi connectivity index (χ2v) is 6.27. The minimum absolute atomic E-state index is 0.0905. The summed E-state index contributed by atoms with van der Waals surface area (Å²) < 4.78 is 0. The number of hydrogen-bond donors (Lipinski definition) is 2. The minimum atomic E-state index is -0.0905. The van der Waals surface area contributed by atoms with Gasteiger partial charge in [0.15, 0.2) is 0 Å². The Bertz CT molecular complexity index is 446. The molecule has 1 aromatic carbocycles. The van der Waals surface area contributed by atoms with Crippen molar-refractivity contribution >= 4 is 17.3 Å². The average molecular weight is 297 g/mol. The molecule has 4 heteroatoms. The van der Waals surface area contributed by atoms with Gasteiger partial charge in [0.1, 0.15) is 0 Å². The highest BCUT2D eigenvalue weighted by Crippen LogP contribution is 2.32. The molecular formula is C16H25ClN2O. The zero-order valence-electron chi connectivity index (χ0n) is 12.6. The molecule has 0 bridgehead atoms. The van der Waals surface area contributed by atoms with Gasteiger partial charge >= 0.3 is 0 Å². The molecule has 1 atom stereocenters. The first-order valence-electron chi connectivity index (χ1n) is 7.43. The smallest absolute Gasteiger partial charge is 0.0642 e. The van der Waals surface area contributed by atoms with Crippen LogP contribution in [0.15, 0.2) is 18.2 Å². The van der Waals surface area contributed by atoms with Gasteiger partial charge in [0.25, 0.3) is 0 Å². The van der Waals surface area contributed by atoms with Crippen LogP contribution in [-0.2, 0) is 0 Å². The van der Waals surface area contributed by atoms with Crippen molar-refractivity contribution in [3.63, 3.8) is 0 Å². The fraction of sp³-hybridized carbons (Fsp3) is 0.625. The molecule has 0 amide bonds. The third-order valence-electron chi connectivity index (χ3n) is 4.14. The lowest BCUT2D eigenvalue weighted by Crippen LogP contribution is -2.37. The SMILES string of the molecule is CCNC(C)c1ccc(N(C)CC2CC(O)C2)c(Cl)c1. The number of rotatable bonds is 6. The first-order valence-corrected chi connectivity index (χ1v) is 7.81. The summed E-state index contributed by atoms with van der Waals surface area (Å²) in [4.78, 5) is 2.20. The second kappa shape index (κ2) is 6.79. The zero-order chi connectivity index (χ0) is 14.7. The van der Waals surface area contributed by atoms with E-state index in [0.717, 1.165) is 36.6 Å². The number of nitrogens with one attached hydrogen (secondary N) is 1. The molecule has 3 nitrogen and oxygen atoms in total. The van der Waals surface area contributed by atoms with E-state index in [9.17, 15) is 5.11 Å². The maximum Gasteiger partial charge on any atom is 0.0642 e. The Morgan fingerprint density at radius 2 is 2.15 bits per heavy atom. The molecule has 1 saturated carbocycles. The standard InChI is InChI=1S/C16H25ClN2O/c1-4-18-11(2)13-5-6-16(15(17)9-13)19(3)10-12-7-14(20)8-12/h5-6,9,11-12,14,18,20H,4,7-8,10H2,1-3H3. The summed E-state index contributed by atoms with van der Waals surface area (Å²) >= 11 is 6.42. The largest absolute Gasteiger partial charge is 0.393 e. The van der Waals surface area contributed by atoms with Crippen LogP contribution < -0.4 is 10.2 Å². The van der Waals surface area contributed by atoms with Gasteiger partial charge in [-0.25, -0.2) is 0 Å². The fourth-order valence-corrected chi connectivity index (χ4v) is 3.19. The van der Waals surface area contributed by atoms with Crippen molar-refractivity contribution in [1.82, 2.24) is 5.32 Å². The monoisotopic (exact) mass is 296 g/mol. The van der Waals surface area contributed by atoms with Crippen LogP contribution in [0.2, 0.25) is 5.02 Å². The van der Waals surface area contributed by atoms with Gasteiger partial charge in [-0.1, -0.05) is 24.6 Å². The van der Waals surface area contributed by atoms with Crippen LogP contribution in [-0.4, -0.2) is 31.3 Å². The molecule has 20 heavy (non-hydrogen) atoms. The number of aliphatic hydroxyl groups excluding tert-OH is 1. The topological polar surface area (TPSA) is 35.5 Å². The van der Waals surface area contributed by atoms with Crippen molar-refractivity contribution < 1.29 is 5.11 Å². The maximum absolute atomic E-state index is 9.35. The Kier molecular flexibility index (Phi) is 5.30. The highest BCUT2D eigenvalue weighted by atomic mass is 35.5. The van der Waals surface area contributed by atoms with Crippen LogP contribution in [0.5, 0.6) is 0 Å². The summed E-state index contributed by atoms with van der Waals surface area (Å²) in [5.74, 6) is 0.589. The molecule has 1 aliphatic carbocycles. The molecular weight excluding hydrogens is 272 g/mol. The average Bonchev–Trinajstić information content (AvgIpc) is 2.36. The number of nitrogens with zero attached hydrogens (tertiary/aromatic N) is 1. The normalized spacial score (nSPS) is 23.2. The van der Waals surface area contributed by atoms with Crippen molar-refractivity contribution in [2.24, 2.45) is 5.92 Å². The molecule has 0 saturated heterocycles. The van der Waals surface area contributed by atoms with Gasteiger partial charge in [0.05, 0.1) is 16.8 Å². The van der Waals surface area contributed by atoms with E-state index >= 15 is 0 Å². The summed E-state index contributed by atoms with van der Waals surface area (Å²) in [6.45, 7) is 6.16. The number of hydrogen-bond acceptors (Lipinski definition) is 3. The van der Waals surface area contributed by atoms with Gasteiger partial charge in [-0.3, -0.25) is 0 Å². The molecule has 2 rings (SSSR count). The molecule has 0 aliphatic heterocycles. The van der Waals surface area contributed by atoms with Gasteiger partial charge in [-0.05, 0) is 49.9 Å². The Balaban J connectivity index is 2.01. The van der Waals surface area contributed by atoms with Crippen LogP contribution in [0.4, 0.5) is 5.69 Å². The van der Waals surface area contributed by atoms with E-state index in [-0.39, 0.29) is 6.10 Å². The van der Waals surface area contributed by atoms with Gasteiger partial charge in [-0.2, -0.15) is 0 Å². The van der Waals surface area contributed by atoms with Crippen molar-refractivity contribution in [3.05, 3.63) is 28.8 Å². The second-order valence-electron chi connectivity index (χ2n) is 5.86. The Labute approximate surface area is 126 Å². The molecule has 0 heterocycles. The van der Waals surface area contributed by atoms with Crippen molar-refractivity contribution in [3.8, 4) is 0 Å². The van der Waals surface area contributed by atoms with E-state index in [2.05, 4.69) is 49.3 Å². The van der Waals surface area contributed by atoms with E-state index in [1.807, 2.05) is 0 Å². The number of anilines is 1. The fourth-order valence-electron chi connectivity index (χ4n) is 2.86. The van der Waals surface area contributed by atoms with Gasteiger partial charge in [-0.15, -0.1) is 0 Å². The highest BCUT2D eigenvalue weighted by molar-refractivity contribution is 6.33. The van der Waals surface area contributed by atoms with Gasteiger partial charge in [0.2, 0.25) is 0 Å². The highest BCUT2D eigenvalue weighted by Gasteiger charge is 2.28. The predicted molar refractivity (Wildman–Crippen MR) is 85.5 cm³/mol. The molecule has 1 unspecified atom stereocenters. The number of aliphatic hydroxyl groups is 1. The summed E-state index contributed by atoms with van der Waals surface area (Å²) in [5.41, 5.74) is 2.29. The Morgan fingerprint density at radius 3 is 2.70 bits per heavy atom. The van der Waals surface area contributed by atoms with Crippen molar-refractivity contribution in [1.29, 1.82) is 0 Å². The van der Waals surface area contributed by atoms with E-state index in [1.165, 1.54) is 5.56 Å². The quantitative estimate of drug-likeness (QED) is 0.846. The van der Waals surface area contributed by atoms with Crippen LogP contribution >= 0.6 is 11.6 Å². The lowest BCUT2D eigenvalue weighted by Gasteiger charge is -2.35. The summed E-state index contributed by atoms with van der Waals surface area (Å²) in [5, 5.41) is 13.5. The number of halogens is 1. The van der Waals surface area contributed by atoms with Crippen LogP contribution in [0, 0.1) is 5.92 Å². The molecule has 1 aliphatic rings. The molecule has 2 N–H and O–H groups in total. The molecule has 1 aromatic rings. The van der Waals surface area contributed by atoms with Crippen LogP contribution in [0.3, 0.4) is 0 Å². The van der Waals surface area contributed by atoms with Gasteiger partial charge < -0.3 is 15.3 Å². The molecule has 112 valence electrons. The first-order chi connectivity index (χ1) is 9.51. The van der Waals surface area contributed by atoms with E-state index in [4.69, 9.17) is 11.6 Å². The summed E-state index contributed by atoms with van der Waals surface area (Å²) in [6, 6.07) is 6.61. The van der Waals surface area contributed by atoms with E-state index in [0.29, 0.717) is 12.0 Å². The number of benzene rings is 1. The molecule has 1 fully saturated rings. The predicted octanol–water partition coefficient (Wildman–Crippen LogP) is 3.22. The summed E-state index contributed by atoms with van der Waals surface area (Å²) in [6.07, 6.45) is 1.74. The third-order valence-corrected chi connectivity index (χ3v) is 4.44. The molecule has 0 aromatic heterocycles. The van der Waals surface area contributed by atoms with Crippen molar-refractivity contribution in [2.75, 3.05) is 25.0 Å². The molecule has 0 spiro atoms. The molecule has 0 radical (unpaired) electrons. The minimum Gasteiger partial charge on any atom is -0.393 e. The van der Waals surface area contributed by atoms with Crippen LogP contribution in [0.1, 0.15) is 38.3 Å². The maximum atomic E-state index is 9.35. The first kappa shape index (κ1) is 15.6. The van der Waals surface area contributed by atoms with Crippen molar-refractivity contribution in [2.45, 2.75) is 38.8 Å². The Morgan fingerprint density at radius 1 is 1.45 bits per heavy atom. The lowest BCUT2D eigenvalue weighted by atomic mass is 9.82. The van der Waals surface area contributed by atoms with E-state index < -0.39 is 0 Å². The zero-order valence-corrected chi connectivity index (χ0v) is 13.3. The van der Waals surface area contributed by atoms with Gasteiger partial charge in [0, 0.05) is 19.6 Å².